The zero-order chi connectivity index (χ0) is 44.8. The van der Waals surface area contributed by atoms with Gasteiger partial charge in [-0.25, -0.2) is 4.57 Å². The first-order valence-electron chi connectivity index (χ1n) is 24.3. The molecule has 0 aromatic carbocycles. The third-order valence-electron chi connectivity index (χ3n) is 10.3. The smallest absolute Gasteiger partial charge is 0.472 e. The Kier molecular flexibility index (Phi) is 43.9. The van der Waals surface area contributed by atoms with E-state index in [0.717, 1.165) is 70.6 Å². The largest absolute Gasteiger partial charge is 0.480 e. The molecule has 0 aliphatic rings. The summed E-state index contributed by atoms with van der Waals surface area (Å²) in [5.41, 5.74) is 5.36. The van der Waals surface area contributed by atoms with E-state index in [4.69, 9.17) is 29.4 Å². The lowest BCUT2D eigenvalue weighted by Gasteiger charge is -2.20. The number of phosphoric ester groups is 1. The molecule has 3 atom stereocenters. The van der Waals surface area contributed by atoms with Gasteiger partial charge < -0.3 is 25.2 Å². The Morgan fingerprint density at radius 3 is 1.44 bits per heavy atom. The highest BCUT2D eigenvalue weighted by molar-refractivity contribution is 7.47. The highest BCUT2D eigenvalue weighted by Gasteiger charge is 2.27. The van der Waals surface area contributed by atoms with Gasteiger partial charge in [-0.3, -0.25) is 18.6 Å². The van der Waals surface area contributed by atoms with E-state index in [9.17, 15) is 19.0 Å². The Morgan fingerprint density at radius 1 is 0.541 bits per heavy atom. The van der Waals surface area contributed by atoms with Gasteiger partial charge in [0.05, 0.1) is 19.8 Å². The molecular weight excluding hydrogens is 790 g/mol. The number of carbonyl (C=O) groups is 2. The van der Waals surface area contributed by atoms with Crippen molar-refractivity contribution in [1.82, 2.24) is 0 Å². The number of nitrogens with two attached hydrogens (primary N) is 1. The maximum absolute atomic E-state index is 12.7. The van der Waals surface area contributed by atoms with Crippen LogP contribution < -0.4 is 5.73 Å². The fourth-order valence-corrected chi connectivity index (χ4v) is 7.31. The number of hydrogen-bond acceptors (Lipinski definition) is 8. The Morgan fingerprint density at radius 2 is 0.951 bits per heavy atom. The molecule has 0 spiro atoms. The van der Waals surface area contributed by atoms with E-state index in [1.54, 1.807) is 0 Å². The van der Waals surface area contributed by atoms with Crippen molar-refractivity contribution in [3.8, 4) is 0 Å². The number of allylic oxidation sites excluding steroid dienone is 10. The molecule has 3 unspecified atom stereocenters. The number of esters is 1. The van der Waals surface area contributed by atoms with Crippen molar-refractivity contribution in [2.75, 3.05) is 26.4 Å². The molecule has 0 saturated carbocycles. The second-order valence-electron chi connectivity index (χ2n) is 16.2. The second kappa shape index (κ2) is 45.7. The molecule has 0 amide bonds. The van der Waals surface area contributed by atoms with Gasteiger partial charge in [-0.05, 0) is 77.0 Å². The molecule has 10 nitrogen and oxygen atoms in total. The number of carboxylic acid groups (broad SMARTS) is 1. The second-order valence-corrected chi connectivity index (χ2v) is 17.7. The summed E-state index contributed by atoms with van der Waals surface area (Å²) >= 11 is 0. The van der Waals surface area contributed by atoms with Gasteiger partial charge in [0, 0.05) is 13.0 Å². The minimum absolute atomic E-state index is 0.00625. The van der Waals surface area contributed by atoms with Crippen LogP contribution in [0.15, 0.2) is 60.8 Å². The van der Waals surface area contributed by atoms with Crippen LogP contribution in [-0.2, 0) is 32.7 Å². The molecule has 0 rings (SSSR count). The van der Waals surface area contributed by atoms with Crippen molar-refractivity contribution < 1.29 is 42.7 Å². The van der Waals surface area contributed by atoms with Crippen LogP contribution in [0, 0.1) is 0 Å². The Balaban J connectivity index is 4.18. The summed E-state index contributed by atoms with van der Waals surface area (Å²) in [5.74, 6) is -1.79. The van der Waals surface area contributed by atoms with Crippen LogP contribution in [0.1, 0.15) is 206 Å². The summed E-state index contributed by atoms with van der Waals surface area (Å²) in [5, 5.41) is 8.91. The molecule has 0 fully saturated rings. The maximum Gasteiger partial charge on any atom is 0.472 e. The topological polar surface area (TPSA) is 155 Å². The number of carboxylic acids is 1. The first-order chi connectivity index (χ1) is 29.7. The zero-order valence-corrected chi connectivity index (χ0v) is 39.6. The molecule has 0 aromatic rings. The summed E-state index contributed by atoms with van der Waals surface area (Å²) in [6.45, 7) is 3.70. The molecule has 0 saturated heterocycles. The standard InChI is InChI=1S/C50H90NO9P/c1-3-5-7-9-11-13-15-17-19-21-22-23-24-25-26-27-28-30-32-34-36-38-40-42-49(52)60-47(45-58-61(55,56)59-46-48(51)50(53)54)44-57-43-41-39-37-35-33-31-29-20-18-16-14-12-10-8-6-4-2/h6,8,12,14,18,20-22,31,33,47-48H,3-5,7,9-11,13,15-17,19,23-30,32,34-46,51H2,1-2H3,(H,53,54)(H,55,56)/b8-6-,14-12-,20-18-,22-21-,33-31-. The molecule has 4 N–H and O–H groups in total. The Bertz CT molecular complexity index is 1200. The predicted molar refractivity (Wildman–Crippen MR) is 254 cm³/mol. The lowest BCUT2D eigenvalue weighted by Crippen LogP contribution is -2.34. The average Bonchev–Trinajstić information content (AvgIpc) is 3.24. The van der Waals surface area contributed by atoms with Crippen LogP contribution in [0.3, 0.4) is 0 Å². The van der Waals surface area contributed by atoms with Crippen molar-refractivity contribution in [3.63, 3.8) is 0 Å². The van der Waals surface area contributed by atoms with Gasteiger partial charge in [0.2, 0.25) is 0 Å². The van der Waals surface area contributed by atoms with Gasteiger partial charge >= 0.3 is 19.8 Å². The Hall–Kier alpha value is -2.33. The van der Waals surface area contributed by atoms with Crippen molar-refractivity contribution in [2.24, 2.45) is 5.73 Å². The lowest BCUT2D eigenvalue weighted by atomic mass is 10.0. The molecule has 0 aliphatic heterocycles. The number of carbonyl (C=O) groups excluding carboxylic acids is 1. The molecule has 354 valence electrons. The highest BCUT2D eigenvalue weighted by Crippen LogP contribution is 2.43. The van der Waals surface area contributed by atoms with Crippen LogP contribution in [0.2, 0.25) is 0 Å². The molecular formula is C50H90NO9P. The third kappa shape index (κ3) is 45.5. The van der Waals surface area contributed by atoms with Crippen molar-refractivity contribution in [3.05, 3.63) is 60.8 Å². The van der Waals surface area contributed by atoms with Crippen molar-refractivity contribution in [1.29, 1.82) is 0 Å². The molecule has 0 bridgehead atoms. The van der Waals surface area contributed by atoms with Gasteiger partial charge in [-0.1, -0.05) is 184 Å². The first kappa shape index (κ1) is 58.7. The van der Waals surface area contributed by atoms with E-state index >= 15 is 0 Å². The van der Waals surface area contributed by atoms with E-state index in [2.05, 4.69) is 74.6 Å². The minimum atomic E-state index is -4.63. The van der Waals surface area contributed by atoms with Crippen LogP contribution in [0.4, 0.5) is 0 Å². The summed E-state index contributed by atoms with van der Waals surface area (Å²) in [4.78, 5) is 33.6. The van der Waals surface area contributed by atoms with E-state index in [-0.39, 0.29) is 13.0 Å². The summed E-state index contributed by atoms with van der Waals surface area (Å²) in [6, 6.07) is -1.48. The fourth-order valence-electron chi connectivity index (χ4n) is 6.53. The van der Waals surface area contributed by atoms with Gasteiger partial charge in [0.1, 0.15) is 12.1 Å². The van der Waals surface area contributed by atoms with E-state index in [1.807, 2.05) is 0 Å². The number of aliphatic carboxylic acids is 1. The maximum atomic E-state index is 12.7. The van der Waals surface area contributed by atoms with Crippen molar-refractivity contribution >= 4 is 19.8 Å². The van der Waals surface area contributed by atoms with Crippen LogP contribution in [0.25, 0.3) is 0 Å². The number of phosphoric acid groups is 1. The highest BCUT2D eigenvalue weighted by atomic mass is 31.2. The number of ether oxygens (including phenoxy) is 2. The van der Waals surface area contributed by atoms with Crippen LogP contribution in [-0.4, -0.2) is 60.5 Å². The quantitative estimate of drug-likeness (QED) is 0.0233. The van der Waals surface area contributed by atoms with Crippen molar-refractivity contribution in [2.45, 2.75) is 219 Å². The SMILES string of the molecule is CC/C=C\C/C=C\C/C=C\C/C=C\CCCCCOCC(COP(=O)(O)OCC(N)C(=O)O)OC(=O)CCCCCCCCCCCCC/C=C\CCCCCCCCCC. The summed E-state index contributed by atoms with van der Waals surface area (Å²) < 4.78 is 33.4. The number of unbranched alkanes of at least 4 members (excludes halogenated alkanes) is 22. The van der Waals surface area contributed by atoms with E-state index < -0.39 is 45.1 Å². The Labute approximate surface area is 372 Å². The van der Waals surface area contributed by atoms with E-state index in [0.29, 0.717) is 13.0 Å². The molecule has 0 aromatic heterocycles. The summed E-state index contributed by atoms with van der Waals surface area (Å²) in [6.07, 6.45) is 55.7. The normalized spacial score (nSPS) is 14.3. The monoisotopic (exact) mass is 880 g/mol. The molecule has 11 heteroatoms. The number of rotatable bonds is 46. The first-order valence-corrected chi connectivity index (χ1v) is 25.8. The summed E-state index contributed by atoms with van der Waals surface area (Å²) in [7, 11) is -4.63. The molecule has 0 radical (unpaired) electrons. The number of hydrogen-bond donors (Lipinski definition) is 3. The fraction of sp³-hybridized carbons (Fsp3) is 0.760. The lowest BCUT2D eigenvalue weighted by molar-refractivity contribution is -0.154. The van der Waals surface area contributed by atoms with Crippen LogP contribution >= 0.6 is 7.82 Å². The third-order valence-corrected chi connectivity index (χ3v) is 11.2. The van der Waals surface area contributed by atoms with E-state index in [1.165, 1.54) is 109 Å². The van der Waals surface area contributed by atoms with Gasteiger partial charge in [0.25, 0.3) is 0 Å². The predicted octanol–water partition coefficient (Wildman–Crippen LogP) is 14.0. The molecule has 0 heterocycles. The van der Waals surface area contributed by atoms with Gasteiger partial charge in [-0.2, -0.15) is 0 Å². The molecule has 61 heavy (non-hydrogen) atoms. The average molecular weight is 880 g/mol. The van der Waals surface area contributed by atoms with Gasteiger partial charge in [0.15, 0.2) is 0 Å². The van der Waals surface area contributed by atoms with Crippen LogP contribution in [0.5, 0.6) is 0 Å². The zero-order valence-electron chi connectivity index (χ0n) is 38.7. The minimum Gasteiger partial charge on any atom is -0.480 e. The van der Waals surface area contributed by atoms with Gasteiger partial charge in [-0.15, -0.1) is 0 Å². The molecule has 0 aliphatic carbocycles.